The summed E-state index contributed by atoms with van der Waals surface area (Å²) in [6.07, 6.45) is 7.20. The van der Waals surface area contributed by atoms with Gasteiger partial charge in [-0.15, -0.1) is 10.2 Å². The number of rotatable bonds is 5. The first-order valence-corrected chi connectivity index (χ1v) is 11.2. The zero-order valence-corrected chi connectivity index (χ0v) is 18.4. The molecule has 0 unspecified atom stereocenters. The number of hydrogen-bond acceptors (Lipinski definition) is 5. The predicted molar refractivity (Wildman–Crippen MR) is 120 cm³/mol. The summed E-state index contributed by atoms with van der Waals surface area (Å²) in [6.45, 7) is 6.56. The Kier molecular flexibility index (Phi) is 6.50. The van der Waals surface area contributed by atoms with Gasteiger partial charge in [-0.25, -0.2) is 9.98 Å². The van der Waals surface area contributed by atoms with Gasteiger partial charge in [0.05, 0.1) is 0 Å². The lowest BCUT2D eigenvalue weighted by molar-refractivity contribution is 0.454. The first-order chi connectivity index (χ1) is 14.6. The Morgan fingerprint density at radius 3 is 2.37 bits per heavy atom. The first kappa shape index (κ1) is 20.6. The Bertz CT molecular complexity index is 860. The standard InChI is InChI=1S/C22H34N8/c1-16-7-6-10-20(24-16)30-13-11-19(12-14-30)26-22(25-18-8-4-5-9-18)23-15-21-28-27-17(2)29(21)3/h6-7,10,18-19H,4-5,8-9,11-15H2,1-3H3,(H2,23,25,26). The molecule has 1 saturated heterocycles. The first-order valence-electron chi connectivity index (χ1n) is 11.2. The molecule has 1 aliphatic heterocycles. The van der Waals surface area contributed by atoms with Crippen molar-refractivity contribution in [3.8, 4) is 0 Å². The van der Waals surface area contributed by atoms with Crippen molar-refractivity contribution in [2.24, 2.45) is 12.0 Å². The number of aliphatic imine (C=N–C) groups is 1. The van der Waals surface area contributed by atoms with Crippen LogP contribution in [0.25, 0.3) is 0 Å². The number of guanidine groups is 1. The van der Waals surface area contributed by atoms with Crippen LogP contribution in [0.2, 0.25) is 0 Å². The van der Waals surface area contributed by atoms with E-state index in [0.717, 1.165) is 55.1 Å². The summed E-state index contributed by atoms with van der Waals surface area (Å²) in [5.74, 6) is 3.80. The molecule has 1 saturated carbocycles. The third-order valence-electron chi connectivity index (χ3n) is 6.29. The topological polar surface area (TPSA) is 83.3 Å². The van der Waals surface area contributed by atoms with Gasteiger partial charge >= 0.3 is 0 Å². The molecule has 8 heteroatoms. The molecule has 3 heterocycles. The number of aryl methyl sites for hydroxylation is 2. The van der Waals surface area contributed by atoms with Crippen molar-refractivity contribution in [2.45, 2.75) is 71.0 Å². The second kappa shape index (κ2) is 9.45. The van der Waals surface area contributed by atoms with Gasteiger partial charge in [0.1, 0.15) is 18.2 Å². The smallest absolute Gasteiger partial charge is 0.192 e. The molecule has 0 atom stereocenters. The van der Waals surface area contributed by atoms with E-state index in [1.54, 1.807) is 0 Å². The summed E-state index contributed by atoms with van der Waals surface area (Å²) in [7, 11) is 1.99. The maximum atomic E-state index is 4.86. The van der Waals surface area contributed by atoms with E-state index in [1.807, 2.05) is 31.5 Å². The van der Waals surface area contributed by atoms with Crippen LogP contribution < -0.4 is 15.5 Å². The molecule has 2 aromatic rings. The fraction of sp³-hybridized carbons (Fsp3) is 0.636. The van der Waals surface area contributed by atoms with Crippen LogP contribution in [-0.4, -0.2) is 50.9 Å². The van der Waals surface area contributed by atoms with Gasteiger partial charge in [-0.2, -0.15) is 0 Å². The highest BCUT2D eigenvalue weighted by molar-refractivity contribution is 5.80. The van der Waals surface area contributed by atoms with Crippen molar-refractivity contribution in [3.63, 3.8) is 0 Å². The number of hydrogen-bond donors (Lipinski definition) is 2. The molecule has 2 aliphatic rings. The molecule has 4 rings (SSSR count). The normalized spacial score (nSPS) is 18.8. The minimum absolute atomic E-state index is 0.417. The van der Waals surface area contributed by atoms with Gasteiger partial charge in [0, 0.05) is 37.9 Å². The van der Waals surface area contributed by atoms with Crippen LogP contribution in [0.5, 0.6) is 0 Å². The van der Waals surface area contributed by atoms with Gasteiger partial charge in [0.15, 0.2) is 11.8 Å². The van der Waals surface area contributed by atoms with Crippen molar-refractivity contribution < 1.29 is 0 Å². The lowest BCUT2D eigenvalue weighted by Crippen LogP contribution is -2.50. The van der Waals surface area contributed by atoms with E-state index in [9.17, 15) is 0 Å². The molecule has 2 fully saturated rings. The molecule has 8 nitrogen and oxygen atoms in total. The summed E-state index contributed by atoms with van der Waals surface area (Å²) in [4.78, 5) is 11.9. The Hall–Kier alpha value is -2.64. The van der Waals surface area contributed by atoms with Crippen LogP contribution >= 0.6 is 0 Å². The van der Waals surface area contributed by atoms with E-state index in [1.165, 1.54) is 25.7 Å². The molecular weight excluding hydrogens is 376 g/mol. The molecule has 30 heavy (non-hydrogen) atoms. The van der Waals surface area contributed by atoms with Gasteiger partial charge in [0.2, 0.25) is 0 Å². The van der Waals surface area contributed by atoms with Crippen LogP contribution in [-0.2, 0) is 13.6 Å². The highest BCUT2D eigenvalue weighted by Crippen LogP contribution is 2.19. The molecule has 0 radical (unpaired) electrons. The van der Waals surface area contributed by atoms with Crippen molar-refractivity contribution in [2.75, 3.05) is 18.0 Å². The monoisotopic (exact) mass is 410 g/mol. The van der Waals surface area contributed by atoms with E-state index >= 15 is 0 Å². The molecular formula is C22H34N8. The number of anilines is 1. The molecule has 0 spiro atoms. The zero-order valence-electron chi connectivity index (χ0n) is 18.4. The summed E-state index contributed by atoms with van der Waals surface area (Å²) in [5.41, 5.74) is 1.07. The molecule has 0 bridgehead atoms. The summed E-state index contributed by atoms with van der Waals surface area (Å²) in [5, 5.41) is 15.8. The number of nitrogens with one attached hydrogen (secondary N) is 2. The van der Waals surface area contributed by atoms with Crippen molar-refractivity contribution in [1.82, 2.24) is 30.4 Å². The molecule has 2 N–H and O–H groups in total. The number of aromatic nitrogens is 4. The van der Waals surface area contributed by atoms with Crippen LogP contribution in [0, 0.1) is 13.8 Å². The number of nitrogens with zero attached hydrogens (tertiary/aromatic N) is 6. The minimum atomic E-state index is 0.417. The lowest BCUT2D eigenvalue weighted by Gasteiger charge is -2.34. The summed E-state index contributed by atoms with van der Waals surface area (Å²) >= 11 is 0. The Labute approximate surface area is 179 Å². The van der Waals surface area contributed by atoms with Crippen molar-refractivity contribution >= 4 is 11.8 Å². The average molecular weight is 411 g/mol. The Morgan fingerprint density at radius 1 is 1.03 bits per heavy atom. The lowest BCUT2D eigenvalue weighted by atomic mass is 10.1. The number of pyridine rings is 1. The van der Waals surface area contributed by atoms with Gasteiger partial charge < -0.3 is 20.1 Å². The van der Waals surface area contributed by atoms with Crippen LogP contribution in [0.4, 0.5) is 5.82 Å². The van der Waals surface area contributed by atoms with Gasteiger partial charge in [-0.05, 0) is 51.7 Å². The highest BCUT2D eigenvalue weighted by Gasteiger charge is 2.23. The average Bonchev–Trinajstić information content (AvgIpc) is 3.37. The van der Waals surface area contributed by atoms with Crippen molar-refractivity contribution in [1.29, 1.82) is 0 Å². The third kappa shape index (κ3) is 5.09. The highest BCUT2D eigenvalue weighted by atomic mass is 15.3. The van der Waals surface area contributed by atoms with Crippen LogP contribution in [0.1, 0.15) is 55.9 Å². The summed E-state index contributed by atoms with van der Waals surface area (Å²) < 4.78 is 2.00. The fourth-order valence-corrected chi connectivity index (χ4v) is 4.29. The largest absolute Gasteiger partial charge is 0.356 e. The molecule has 162 valence electrons. The third-order valence-corrected chi connectivity index (χ3v) is 6.29. The van der Waals surface area contributed by atoms with E-state index in [2.05, 4.69) is 42.8 Å². The second-order valence-electron chi connectivity index (χ2n) is 8.56. The maximum absolute atomic E-state index is 4.86. The fourth-order valence-electron chi connectivity index (χ4n) is 4.29. The zero-order chi connectivity index (χ0) is 20.9. The van der Waals surface area contributed by atoms with Crippen LogP contribution in [0.3, 0.4) is 0 Å². The number of piperidine rings is 1. The molecule has 1 aliphatic carbocycles. The summed E-state index contributed by atoms with van der Waals surface area (Å²) in [6, 6.07) is 7.19. The quantitative estimate of drug-likeness (QED) is 0.582. The van der Waals surface area contributed by atoms with E-state index < -0.39 is 0 Å². The van der Waals surface area contributed by atoms with Gasteiger partial charge in [-0.1, -0.05) is 18.9 Å². The Balaban J connectivity index is 1.37. The molecule has 0 amide bonds. The van der Waals surface area contributed by atoms with Crippen molar-refractivity contribution in [3.05, 3.63) is 35.5 Å². The maximum Gasteiger partial charge on any atom is 0.192 e. The van der Waals surface area contributed by atoms with E-state index in [-0.39, 0.29) is 0 Å². The van der Waals surface area contributed by atoms with Gasteiger partial charge in [-0.3, -0.25) is 0 Å². The second-order valence-corrected chi connectivity index (χ2v) is 8.56. The predicted octanol–water partition coefficient (Wildman–Crippen LogP) is 2.47. The van der Waals surface area contributed by atoms with Gasteiger partial charge in [0.25, 0.3) is 0 Å². The van der Waals surface area contributed by atoms with Crippen LogP contribution in [0.15, 0.2) is 23.2 Å². The molecule has 0 aromatic carbocycles. The minimum Gasteiger partial charge on any atom is -0.356 e. The van der Waals surface area contributed by atoms with E-state index in [0.29, 0.717) is 18.6 Å². The molecule has 2 aromatic heterocycles. The Morgan fingerprint density at radius 2 is 1.73 bits per heavy atom. The van der Waals surface area contributed by atoms with E-state index in [4.69, 9.17) is 4.99 Å². The SMILES string of the molecule is Cc1cccc(N2CCC(NC(=NCc3nnc(C)n3C)NC3CCCC3)CC2)n1.